The van der Waals surface area contributed by atoms with E-state index in [0.717, 1.165) is 129 Å². The molecule has 0 spiro atoms. The minimum Gasteiger partial charge on any atom is -0.459 e. The van der Waals surface area contributed by atoms with Crippen LogP contribution in [0.3, 0.4) is 0 Å². The van der Waals surface area contributed by atoms with E-state index in [0.29, 0.717) is 5.41 Å². The maximum atomic E-state index is 12.8. The molecule has 5 aliphatic carbocycles. The molecule has 0 saturated heterocycles. The smallest absolute Gasteiger partial charge is 0.312 e. The highest BCUT2D eigenvalue weighted by atomic mass is 16.6. The number of hydrogen-bond donors (Lipinski definition) is 0. The van der Waals surface area contributed by atoms with E-state index in [4.69, 9.17) is 23.7 Å². The minimum atomic E-state index is -0.786. The van der Waals surface area contributed by atoms with E-state index >= 15 is 0 Å². The van der Waals surface area contributed by atoms with Crippen LogP contribution in [0.5, 0.6) is 0 Å². The summed E-state index contributed by atoms with van der Waals surface area (Å²) >= 11 is 0. The van der Waals surface area contributed by atoms with Crippen LogP contribution in [0.4, 0.5) is 0 Å². The summed E-state index contributed by atoms with van der Waals surface area (Å²) < 4.78 is 30.0. The van der Waals surface area contributed by atoms with Gasteiger partial charge in [-0.2, -0.15) is 0 Å². The van der Waals surface area contributed by atoms with E-state index < -0.39 is 33.0 Å². The van der Waals surface area contributed by atoms with Gasteiger partial charge in [-0.15, -0.1) is 0 Å². The zero-order valence-electron chi connectivity index (χ0n) is 68.9. The number of hydrogen-bond acceptors (Lipinski definition) is 10. The Bertz CT molecular complexity index is 3060. The van der Waals surface area contributed by atoms with Crippen molar-refractivity contribution >= 4 is 29.8 Å². The van der Waals surface area contributed by atoms with Gasteiger partial charge in [-0.3, -0.25) is 24.0 Å². The number of benzene rings is 4. The van der Waals surface area contributed by atoms with Crippen LogP contribution in [0, 0.1) is 56.2 Å². The molecule has 0 atom stereocenters. The Hall–Kier alpha value is -5.77. The van der Waals surface area contributed by atoms with Gasteiger partial charge in [0, 0.05) is 0 Å². The van der Waals surface area contributed by atoms with Crippen molar-refractivity contribution in [3.63, 3.8) is 0 Å². The van der Waals surface area contributed by atoms with Gasteiger partial charge in [0.1, 0.15) is 22.4 Å². The summed E-state index contributed by atoms with van der Waals surface area (Å²) in [6.45, 7) is 48.5. The van der Waals surface area contributed by atoms with Crippen molar-refractivity contribution in [2.24, 2.45) is 56.2 Å². The summed E-state index contributed by atoms with van der Waals surface area (Å²) in [6.07, 6.45) is 26.9. The van der Waals surface area contributed by atoms with Gasteiger partial charge < -0.3 is 23.7 Å². The van der Waals surface area contributed by atoms with E-state index in [1.54, 1.807) is 0 Å². The third-order valence-corrected chi connectivity index (χ3v) is 25.1. The lowest BCUT2D eigenvalue weighted by molar-refractivity contribution is -0.182. The molecule has 4 aromatic rings. The highest BCUT2D eigenvalue weighted by molar-refractivity contribution is 5.78. The standard InChI is InChI=1S/C22H38O2.C20H24O2.C18H34O2.C17H26O2.C15H22O2/c1-6-20(4,5)19(23)24-22(7-2,8-3)15-21-12-16-9-17(13-21)11-18(10-16)14-21;1-5-19(2,3)18(21)22-20(4,16-12-8-6-9-13-16)17-14-10-7-11-15-17;1-6-17(4,5)16(19)20-18(7-2,8-3)14-15-12-10-9-11-13-15;1-6-16(4,5)15(18)19-17(7-2,8-3)14-12-10-9-11-13-14;1-6-14(2,3)13(16)17-15(4,5)12-10-8-7-9-11-12/h16-18H,6-15H2,1-5H3;6-15H,5H2,1-4H3;15H,6-14H2,1-5H3;9-13H,6-8H2,1-5H3;7-11H,6H2,1-5H3. The first kappa shape index (κ1) is 88.6. The Morgan fingerprint density at radius 3 is 0.951 bits per heavy atom. The number of rotatable bonds is 29. The second-order valence-corrected chi connectivity index (χ2v) is 34.9. The van der Waals surface area contributed by atoms with Crippen LogP contribution in [0.2, 0.25) is 0 Å². The Kier molecular flexibility index (Phi) is 33.4. The van der Waals surface area contributed by atoms with Crippen molar-refractivity contribution in [3.8, 4) is 0 Å². The van der Waals surface area contributed by atoms with Gasteiger partial charge in [0.2, 0.25) is 0 Å². The first-order valence-electron chi connectivity index (χ1n) is 40.1. The molecule has 4 aromatic carbocycles. The zero-order chi connectivity index (χ0) is 76.7. The largest absolute Gasteiger partial charge is 0.459 e. The second kappa shape index (κ2) is 38.5. The van der Waals surface area contributed by atoms with Crippen molar-refractivity contribution in [2.45, 2.75) is 348 Å². The second-order valence-electron chi connectivity index (χ2n) is 34.9. The fraction of sp³-hybridized carbons (Fsp3) is 0.685. The van der Waals surface area contributed by atoms with Crippen LogP contribution in [0.1, 0.15) is 343 Å². The molecule has 0 aromatic heterocycles. The van der Waals surface area contributed by atoms with Crippen molar-refractivity contribution < 1.29 is 47.7 Å². The number of ether oxygens (including phenoxy) is 5. The van der Waals surface area contributed by atoms with E-state index in [9.17, 15) is 24.0 Å². The van der Waals surface area contributed by atoms with Crippen LogP contribution >= 0.6 is 0 Å². The van der Waals surface area contributed by atoms with Gasteiger partial charge in [-0.05, 0) is 263 Å². The van der Waals surface area contributed by atoms with Crippen LogP contribution in [0.25, 0.3) is 0 Å². The zero-order valence-corrected chi connectivity index (χ0v) is 68.9. The molecule has 102 heavy (non-hydrogen) atoms. The summed E-state index contributed by atoms with van der Waals surface area (Å²) in [5, 5.41) is 0. The number of carbonyl (C=O) groups is 5. The van der Waals surface area contributed by atoms with Crippen molar-refractivity contribution in [1.29, 1.82) is 0 Å². The Balaban J connectivity index is 0.000000272. The highest BCUT2D eigenvalue weighted by Gasteiger charge is 2.54. The molecule has 10 heteroatoms. The van der Waals surface area contributed by atoms with E-state index in [2.05, 4.69) is 55.4 Å². The van der Waals surface area contributed by atoms with E-state index in [1.165, 1.54) is 70.6 Å². The van der Waals surface area contributed by atoms with Gasteiger partial charge in [-0.25, -0.2) is 0 Å². The lowest BCUT2D eigenvalue weighted by Crippen LogP contribution is -2.51. The van der Waals surface area contributed by atoms with Crippen molar-refractivity contribution in [1.82, 2.24) is 0 Å². The quantitative estimate of drug-likeness (QED) is 0.0382. The molecular formula is C92H144O10. The lowest BCUT2D eigenvalue weighted by Gasteiger charge is -2.59. The van der Waals surface area contributed by atoms with Gasteiger partial charge in [0.25, 0.3) is 0 Å². The molecule has 5 aliphatic rings. The van der Waals surface area contributed by atoms with Crippen LogP contribution in [-0.4, -0.2) is 41.0 Å². The lowest BCUT2D eigenvalue weighted by atomic mass is 9.47. The average Bonchev–Trinajstić information content (AvgIpc) is 0.741. The number of esters is 5. The van der Waals surface area contributed by atoms with Gasteiger partial charge >= 0.3 is 29.8 Å². The molecule has 0 N–H and O–H groups in total. The summed E-state index contributed by atoms with van der Waals surface area (Å²) in [6, 6.07) is 39.7. The monoisotopic (exact) mass is 1410 g/mol. The molecule has 5 fully saturated rings. The SMILES string of the molecule is CCC(C)(C)C(=O)OC(C)(C)c1ccccc1.CCC(C)(C)C(=O)OC(C)(c1ccccc1)c1ccccc1.CCC(C)(C)C(=O)OC(CC)(CC)c1ccccc1.CCC(CC)(CC12CC3CC(CC(C3)C1)C2)OC(=O)C(C)(C)CC.CCC(CC)(CC1CCCCC1)OC(=O)C(C)(C)CC. The van der Waals surface area contributed by atoms with Gasteiger partial charge in [-0.1, -0.05) is 230 Å². The molecule has 0 heterocycles. The van der Waals surface area contributed by atoms with Crippen LogP contribution in [-0.2, 0) is 64.5 Å². The molecule has 0 radical (unpaired) electrons. The number of carbonyl (C=O) groups excluding carboxylic acids is 5. The summed E-state index contributed by atoms with van der Waals surface area (Å²) in [5.74, 6) is 3.21. The van der Waals surface area contributed by atoms with Gasteiger partial charge in [0.05, 0.1) is 27.1 Å². The molecule has 9 rings (SSSR count). The van der Waals surface area contributed by atoms with Crippen molar-refractivity contribution in [2.75, 3.05) is 0 Å². The molecule has 0 aliphatic heterocycles. The van der Waals surface area contributed by atoms with Crippen molar-refractivity contribution in [3.05, 3.63) is 144 Å². The fourth-order valence-corrected chi connectivity index (χ4v) is 15.2. The van der Waals surface area contributed by atoms with Crippen LogP contribution < -0.4 is 0 Å². The minimum absolute atomic E-state index is 0.0124. The Labute approximate surface area is 622 Å². The fourth-order valence-electron chi connectivity index (χ4n) is 15.2. The Morgan fingerprint density at radius 2 is 0.627 bits per heavy atom. The molecule has 10 nitrogen and oxygen atoms in total. The normalized spacial score (nSPS) is 18.8. The predicted octanol–water partition coefficient (Wildman–Crippen LogP) is 25.1. The molecule has 0 amide bonds. The maximum Gasteiger partial charge on any atom is 0.312 e. The molecule has 5 saturated carbocycles. The molecule has 0 unspecified atom stereocenters. The van der Waals surface area contributed by atoms with E-state index in [1.807, 2.05) is 232 Å². The topological polar surface area (TPSA) is 132 Å². The third kappa shape index (κ3) is 24.1. The summed E-state index contributed by atoms with van der Waals surface area (Å²) in [5.41, 5.74) is 0.114. The predicted molar refractivity (Wildman–Crippen MR) is 421 cm³/mol. The molecule has 572 valence electrons. The summed E-state index contributed by atoms with van der Waals surface area (Å²) in [4.78, 5) is 62.3. The Morgan fingerprint density at radius 1 is 0.333 bits per heavy atom. The van der Waals surface area contributed by atoms with E-state index in [-0.39, 0.29) is 51.9 Å². The first-order valence-corrected chi connectivity index (χ1v) is 40.1. The van der Waals surface area contributed by atoms with Crippen LogP contribution in [0.15, 0.2) is 121 Å². The molecular weight excluding hydrogens is 1270 g/mol. The molecule has 4 bridgehead atoms. The first-order chi connectivity index (χ1) is 47.7. The highest BCUT2D eigenvalue weighted by Crippen LogP contribution is 2.63. The van der Waals surface area contributed by atoms with Gasteiger partial charge in [0.15, 0.2) is 5.60 Å². The maximum absolute atomic E-state index is 12.8. The third-order valence-electron chi connectivity index (χ3n) is 25.1. The summed E-state index contributed by atoms with van der Waals surface area (Å²) in [7, 11) is 0. The average molecular weight is 1410 g/mol.